The van der Waals surface area contributed by atoms with Crippen molar-refractivity contribution in [3.63, 3.8) is 0 Å². The van der Waals surface area contributed by atoms with Gasteiger partial charge in [-0.1, -0.05) is 41.9 Å². The van der Waals surface area contributed by atoms with Gasteiger partial charge in [-0.25, -0.2) is 21.8 Å². The van der Waals surface area contributed by atoms with Crippen LogP contribution in [-0.4, -0.2) is 17.4 Å². The molecule has 0 bridgehead atoms. The number of hydrogen-bond acceptors (Lipinski definition) is 3. The molecule has 2 heterocycles. The van der Waals surface area contributed by atoms with E-state index >= 15 is 0 Å². The first kappa shape index (κ1) is 16.8. The molecule has 0 aliphatic heterocycles. The van der Waals surface area contributed by atoms with Crippen LogP contribution < -0.4 is 0 Å². The van der Waals surface area contributed by atoms with Crippen molar-refractivity contribution in [2.24, 2.45) is 0 Å². The van der Waals surface area contributed by atoms with E-state index in [1.807, 2.05) is 0 Å². The van der Waals surface area contributed by atoms with E-state index in [0.29, 0.717) is 21.5 Å². The molecule has 0 atom stereocenters. The number of hydrogen-bond donors (Lipinski definition) is 0. The first-order valence-corrected chi connectivity index (χ1v) is 9.52. The fraction of sp³-hybridized carbons (Fsp3) is 0. The van der Waals surface area contributed by atoms with Crippen LogP contribution in [0.4, 0.5) is 4.39 Å². The van der Waals surface area contributed by atoms with Gasteiger partial charge in [-0.2, -0.15) is 0 Å². The first-order chi connectivity index (χ1) is 12.5. The van der Waals surface area contributed by atoms with E-state index in [2.05, 4.69) is 4.98 Å². The number of pyridine rings is 1. The Bertz CT molecular complexity index is 1220. The zero-order valence-electron chi connectivity index (χ0n) is 13.3. The third-order valence-electron chi connectivity index (χ3n) is 4.05. The zero-order valence-corrected chi connectivity index (χ0v) is 14.9. The van der Waals surface area contributed by atoms with Crippen LogP contribution in [0.25, 0.3) is 22.2 Å². The predicted molar refractivity (Wildman–Crippen MR) is 99.2 cm³/mol. The number of halogens is 2. The molecule has 4 nitrogen and oxygen atoms in total. The van der Waals surface area contributed by atoms with Crippen molar-refractivity contribution in [2.75, 3.05) is 0 Å². The second-order valence-corrected chi connectivity index (χ2v) is 7.86. The molecule has 0 fully saturated rings. The lowest BCUT2D eigenvalue weighted by atomic mass is 10.1. The molecule has 4 rings (SSSR count). The van der Waals surface area contributed by atoms with E-state index in [1.165, 1.54) is 36.7 Å². The minimum Gasteiger partial charge on any atom is -0.237 e. The fourth-order valence-corrected chi connectivity index (χ4v) is 4.42. The van der Waals surface area contributed by atoms with Crippen molar-refractivity contribution in [3.05, 3.63) is 83.9 Å². The molecule has 0 radical (unpaired) electrons. The minimum absolute atomic E-state index is 0.157. The fourth-order valence-electron chi connectivity index (χ4n) is 2.79. The highest BCUT2D eigenvalue weighted by Crippen LogP contribution is 2.34. The summed E-state index contributed by atoms with van der Waals surface area (Å²) >= 11 is 6.47. The standard InChI is InChI=1S/C19H12ClFN2O2S/c20-18-16-9-10-23(26(24,25)15-7-2-1-3-8-15)19(16)22-12-17(18)13-5-4-6-14(21)11-13/h1-12H. The number of benzene rings is 2. The van der Waals surface area contributed by atoms with E-state index in [1.54, 1.807) is 36.4 Å². The summed E-state index contributed by atoms with van der Waals surface area (Å²) in [6.07, 6.45) is 2.87. The van der Waals surface area contributed by atoms with Crippen LogP contribution in [0, 0.1) is 5.82 Å². The summed E-state index contributed by atoms with van der Waals surface area (Å²) in [4.78, 5) is 4.43. The summed E-state index contributed by atoms with van der Waals surface area (Å²) in [6.45, 7) is 0. The van der Waals surface area contributed by atoms with Gasteiger partial charge in [0.25, 0.3) is 10.0 Å². The number of fused-ring (bicyclic) bond motifs is 1. The SMILES string of the molecule is O=S(=O)(c1ccccc1)n1ccc2c(Cl)c(-c3cccc(F)c3)cnc21. The largest absolute Gasteiger partial charge is 0.269 e. The molecule has 0 aliphatic rings. The smallest absolute Gasteiger partial charge is 0.237 e. The molecule has 0 unspecified atom stereocenters. The van der Waals surface area contributed by atoms with E-state index in [9.17, 15) is 12.8 Å². The minimum atomic E-state index is -3.79. The summed E-state index contributed by atoms with van der Waals surface area (Å²) in [6, 6.07) is 15.7. The molecule has 7 heteroatoms. The maximum absolute atomic E-state index is 13.5. The Balaban J connectivity index is 1.90. The maximum Gasteiger partial charge on any atom is 0.269 e. The Morgan fingerprint density at radius 3 is 2.50 bits per heavy atom. The van der Waals surface area contributed by atoms with Gasteiger partial charge in [-0.3, -0.25) is 0 Å². The van der Waals surface area contributed by atoms with Crippen LogP contribution in [0.1, 0.15) is 0 Å². The zero-order chi connectivity index (χ0) is 18.3. The lowest BCUT2D eigenvalue weighted by Crippen LogP contribution is -2.12. The number of rotatable bonds is 3. The number of nitrogens with zero attached hydrogens (tertiary/aromatic N) is 2. The van der Waals surface area contributed by atoms with Crippen molar-refractivity contribution in [1.82, 2.24) is 8.96 Å². The Kier molecular flexibility index (Phi) is 4.01. The summed E-state index contributed by atoms with van der Waals surface area (Å²) in [7, 11) is -3.79. The van der Waals surface area contributed by atoms with Gasteiger partial charge < -0.3 is 0 Å². The van der Waals surface area contributed by atoms with Gasteiger partial charge in [0.05, 0.1) is 9.92 Å². The summed E-state index contributed by atoms with van der Waals surface area (Å²) < 4.78 is 40.3. The van der Waals surface area contributed by atoms with Gasteiger partial charge in [-0.15, -0.1) is 0 Å². The van der Waals surface area contributed by atoms with Crippen molar-refractivity contribution in [2.45, 2.75) is 4.90 Å². The monoisotopic (exact) mass is 386 g/mol. The molecule has 26 heavy (non-hydrogen) atoms. The van der Waals surface area contributed by atoms with E-state index in [-0.39, 0.29) is 16.4 Å². The molecule has 2 aromatic carbocycles. The second kappa shape index (κ2) is 6.23. The van der Waals surface area contributed by atoms with Gasteiger partial charge in [0, 0.05) is 23.3 Å². The van der Waals surface area contributed by atoms with Crippen LogP contribution in [-0.2, 0) is 10.0 Å². The summed E-state index contributed by atoms with van der Waals surface area (Å²) in [5.74, 6) is -0.386. The average Bonchev–Trinajstić information content (AvgIpc) is 3.08. The highest BCUT2D eigenvalue weighted by atomic mass is 35.5. The maximum atomic E-state index is 13.5. The van der Waals surface area contributed by atoms with Crippen LogP contribution >= 0.6 is 11.6 Å². The van der Waals surface area contributed by atoms with Gasteiger partial charge in [-0.05, 0) is 35.9 Å². The van der Waals surface area contributed by atoms with Gasteiger partial charge in [0.15, 0.2) is 5.65 Å². The molecular formula is C19H12ClFN2O2S. The predicted octanol–water partition coefficient (Wildman–Crippen LogP) is 4.73. The first-order valence-electron chi connectivity index (χ1n) is 7.70. The van der Waals surface area contributed by atoms with Crippen molar-refractivity contribution in [1.29, 1.82) is 0 Å². The van der Waals surface area contributed by atoms with Crippen LogP contribution in [0.5, 0.6) is 0 Å². The Hall–Kier alpha value is -2.70. The molecule has 0 amide bonds. The second-order valence-electron chi connectivity index (χ2n) is 5.66. The summed E-state index contributed by atoms with van der Waals surface area (Å²) in [5.41, 5.74) is 1.33. The van der Waals surface area contributed by atoms with Gasteiger partial charge >= 0.3 is 0 Å². The summed E-state index contributed by atoms with van der Waals surface area (Å²) in [5, 5.41) is 0.801. The molecule has 4 aromatic rings. The van der Waals surface area contributed by atoms with E-state index in [4.69, 9.17) is 11.6 Å². The van der Waals surface area contributed by atoms with Crippen LogP contribution in [0.15, 0.2) is 78.0 Å². The average molecular weight is 387 g/mol. The highest BCUT2D eigenvalue weighted by Gasteiger charge is 2.21. The quantitative estimate of drug-likeness (QED) is 0.511. The molecule has 130 valence electrons. The van der Waals surface area contributed by atoms with Gasteiger partial charge in [0.2, 0.25) is 0 Å². The van der Waals surface area contributed by atoms with Crippen LogP contribution in [0.2, 0.25) is 5.02 Å². The van der Waals surface area contributed by atoms with E-state index in [0.717, 1.165) is 3.97 Å². The third-order valence-corrected chi connectivity index (χ3v) is 6.14. The molecule has 0 aliphatic carbocycles. The van der Waals surface area contributed by atoms with Crippen molar-refractivity contribution >= 4 is 32.7 Å². The molecular weight excluding hydrogens is 375 g/mol. The van der Waals surface area contributed by atoms with Crippen LogP contribution in [0.3, 0.4) is 0 Å². The lowest BCUT2D eigenvalue weighted by Gasteiger charge is -2.09. The lowest BCUT2D eigenvalue weighted by molar-refractivity contribution is 0.589. The molecule has 2 aromatic heterocycles. The molecule has 0 saturated carbocycles. The molecule has 0 N–H and O–H groups in total. The Morgan fingerprint density at radius 1 is 1.00 bits per heavy atom. The number of aromatic nitrogens is 2. The molecule has 0 saturated heterocycles. The highest BCUT2D eigenvalue weighted by molar-refractivity contribution is 7.90. The van der Waals surface area contributed by atoms with E-state index < -0.39 is 10.0 Å². The third kappa shape index (κ3) is 2.67. The van der Waals surface area contributed by atoms with Gasteiger partial charge in [0.1, 0.15) is 5.82 Å². The van der Waals surface area contributed by atoms with Crippen molar-refractivity contribution < 1.29 is 12.8 Å². The van der Waals surface area contributed by atoms with Crippen molar-refractivity contribution in [3.8, 4) is 11.1 Å². The Morgan fingerprint density at radius 2 is 1.77 bits per heavy atom. The Labute approximate surface area is 154 Å². The normalized spacial score (nSPS) is 11.8. The molecule has 0 spiro atoms. The topological polar surface area (TPSA) is 52.0 Å².